The van der Waals surface area contributed by atoms with Gasteiger partial charge in [-0.15, -0.1) is 0 Å². The Bertz CT molecular complexity index is 360. The molecule has 82 valence electrons. The summed E-state index contributed by atoms with van der Waals surface area (Å²) in [4.78, 5) is 13.8. The fraction of sp³-hybridized carbons (Fsp3) is 0.600. The summed E-state index contributed by atoms with van der Waals surface area (Å²) in [5.74, 6) is 0.0210. The number of piperazine rings is 1. The molecule has 15 heavy (non-hydrogen) atoms. The van der Waals surface area contributed by atoms with E-state index in [0.717, 1.165) is 25.3 Å². The zero-order chi connectivity index (χ0) is 10.8. The third kappa shape index (κ3) is 2.18. The van der Waals surface area contributed by atoms with E-state index in [2.05, 4.69) is 22.4 Å². The van der Waals surface area contributed by atoms with Gasteiger partial charge in [-0.3, -0.25) is 9.89 Å². The lowest BCUT2D eigenvalue weighted by Crippen LogP contribution is -2.51. The highest BCUT2D eigenvalue weighted by Crippen LogP contribution is 2.06. The van der Waals surface area contributed by atoms with Crippen LogP contribution in [0.2, 0.25) is 0 Å². The summed E-state index contributed by atoms with van der Waals surface area (Å²) in [5, 5.41) is 10.1. The highest BCUT2D eigenvalue weighted by molar-refractivity contribution is 5.92. The minimum atomic E-state index is 0.0210. The number of H-pyrrole nitrogens is 1. The van der Waals surface area contributed by atoms with Crippen LogP contribution < -0.4 is 5.32 Å². The van der Waals surface area contributed by atoms with E-state index in [1.807, 2.05) is 11.8 Å². The monoisotopic (exact) mass is 208 g/mol. The lowest BCUT2D eigenvalue weighted by atomic mass is 10.2. The van der Waals surface area contributed by atoms with E-state index in [-0.39, 0.29) is 5.91 Å². The van der Waals surface area contributed by atoms with Crippen molar-refractivity contribution in [2.75, 3.05) is 19.6 Å². The Kier molecular flexibility index (Phi) is 2.73. The van der Waals surface area contributed by atoms with Gasteiger partial charge in [0.05, 0.1) is 0 Å². The third-order valence-electron chi connectivity index (χ3n) is 2.58. The molecule has 0 spiro atoms. The number of carbonyl (C=O) groups excluding carboxylic acids is 1. The molecule has 0 unspecified atom stereocenters. The van der Waals surface area contributed by atoms with Gasteiger partial charge in [-0.1, -0.05) is 0 Å². The summed E-state index contributed by atoms with van der Waals surface area (Å²) in [7, 11) is 0. The van der Waals surface area contributed by atoms with E-state index in [9.17, 15) is 4.79 Å². The van der Waals surface area contributed by atoms with Crippen LogP contribution in [-0.4, -0.2) is 46.7 Å². The molecule has 1 atom stereocenters. The molecular formula is C10H16N4O. The molecule has 0 bridgehead atoms. The molecule has 5 heteroatoms. The van der Waals surface area contributed by atoms with E-state index in [1.165, 1.54) is 0 Å². The molecule has 1 aliphatic heterocycles. The molecule has 0 radical (unpaired) electrons. The average Bonchev–Trinajstić information content (AvgIpc) is 2.64. The number of aromatic nitrogens is 2. The van der Waals surface area contributed by atoms with E-state index in [4.69, 9.17) is 0 Å². The van der Waals surface area contributed by atoms with E-state index in [0.29, 0.717) is 11.7 Å². The molecule has 1 aliphatic rings. The number of aryl methyl sites for hydroxylation is 1. The molecule has 1 fully saturated rings. The van der Waals surface area contributed by atoms with Gasteiger partial charge < -0.3 is 10.2 Å². The van der Waals surface area contributed by atoms with Crippen LogP contribution in [0.5, 0.6) is 0 Å². The van der Waals surface area contributed by atoms with Gasteiger partial charge in [0.15, 0.2) is 0 Å². The van der Waals surface area contributed by atoms with Crippen molar-refractivity contribution in [1.82, 2.24) is 20.4 Å². The number of hydrogen-bond donors (Lipinski definition) is 2. The Labute approximate surface area is 88.8 Å². The maximum absolute atomic E-state index is 12.0. The summed E-state index contributed by atoms with van der Waals surface area (Å²) in [6.45, 7) is 6.34. The zero-order valence-corrected chi connectivity index (χ0v) is 9.08. The number of hydrogen-bond acceptors (Lipinski definition) is 3. The standard InChI is InChI=1S/C10H16N4O/c1-7-5-9(13-12-7)10(15)14-4-3-11-8(2)6-14/h5,8,11H,3-4,6H2,1-2H3,(H,12,13)/t8-/m1/s1. The first kappa shape index (κ1) is 10.2. The predicted octanol–water partition coefficient (Wildman–Crippen LogP) is 0.152. The topological polar surface area (TPSA) is 61.0 Å². The van der Waals surface area contributed by atoms with Crippen molar-refractivity contribution >= 4 is 5.91 Å². The van der Waals surface area contributed by atoms with Gasteiger partial charge in [-0.25, -0.2) is 0 Å². The van der Waals surface area contributed by atoms with Crippen LogP contribution >= 0.6 is 0 Å². The number of nitrogens with one attached hydrogen (secondary N) is 2. The number of rotatable bonds is 1. The van der Waals surface area contributed by atoms with Crippen molar-refractivity contribution in [2.45, 2.75) is 19.9 Å². The molecule has 5 nitrogen and oxygen atoms in total. The van der Waals surface area contributed by atoms with Gasteiger partial charge in [0.1, 0.15) is 5.69 Å². The Morgan fingerprint density at radius 2 is 2.47 bits per heavy atom. The predicted molar refractivity (Wildman–Crippen MR) is 56.7 cm³/mol. The van der Waals surface area contributed by atoms with Crippen LogP contribution in [0.3, 0.4) is 0 Å². The molecule has 0 aliphatic carbocycles. The van der Waals surface area contributed by atoms with Gasteiger partial charge in [-0.05, 0) is 19.9 Å². The molecule has 2 rings (SSSR count). The molecule has 0 aromatic carbocycles. The third-order valence-corrected chi connectivity index (χ3v) is 2.58. The van der Waals surface area contributed by atoms with Crippen molar-refractivity contribution in [2.24, 2.45) is 0 Å². The lowest BCUT2D eigenvalue weighted by molar-refractivity contribution is 0.0703. The van der Waals surface area contributed by atoms with Crippen LogP contribution in [-0.2, 0) is 0 Å². The Hall–Kier alpha value is -1.36. The Morgan fingerprint density at radius 3 is 3.07 bits per heavy atom. The number of carbonyl (C=O) groups is 1. The van der Waals surface area contributed by atoms with Crippen LogP contribution in [0.4, 0.5) is 0 Å². The van der Waals surface area contributed by atoms with Gasteiger partial charge in [0.2, 0.25) is 0 Å². The first-order chi connectivity index (χ1) is 7.16. The van der Waals surface area contributed by atoms with E-state index in [1.54, 1.807) is 6.07 Å². The summed E-state index contributed by atoms with van der Waals surface area (Å²) in [6, 6.07) is 2.15. The molecule has 1 aromatic rings. The SMILES string of the molecule is Cc1cc(C(=O)N2CCN[C@H](C)C2)n[nH]1. The van der Waals surface area contributed by atoms with E-state index < -0.39 is 0 Å². The molecule has 1 amide bonds. The Balaban J connectivity index is 2.07. The van der Waals surface area contributed by atoms with Crippen molar-refractivity contribution < 1.29 is 4.79 Å². The number of amides is 1. The van der Waals surface area contributed by atoms with Crippen molar-refractivity contribution in [1.29, 1.82) is 0 Å². The summed E-state index contributed by atoms with van der Waals surface area (Å²) in [5.41, 5.74) is 1.43. The normalized spacial score (nSPS) is 21.7. The number of nitrogens with zero attached hydrogens (tertiary/aromatic N) is 2. The minimum absolute atomic E-state index is 0.0210. The van der Waals surface area contributed by atoms with Crippen LogP contribution in [0, 0.1) is 6.92 Å². The second-order valence-electron chi connectivity index (χ2n) is 4.04. The first-order valence-electron chi connectivity index (χ1n) is 5.21. The Morgan fingerprint density at radius 1 is 1.67 bits per heavy atom. The minimum Gasteiger partial charge on any atom is -0.334 e. The van der Waals surface area contributed by atoms with Crippen molar-refractivity contribution in [3.8, 4) is 0 Å². The van der Waals surface area contributed by atoms with Crippen LogP contribution in [0.25, 0.3) is 0 Å². The van der Waals surface area contributed by atoms with Gasteiger partial charge in [0, 0.05) is 31.4 Å². The highest BCUT2D eigenvalue weighted by atomic mass is 16.2. The molecule has 2 N–H and O–H groups in total. The molecular weight excluding hydrogens is 192 g/mol. The maximum Gasteiger partial charge on any atom is 0.274 e. The zero-order valence-electron chi connectivity index (χ0n) is 9.08. The molecule has 1 saturated heterocycles. The van der Waals surface area contributed by atoms with Gasteiger partial charge in [0.25, 0.3) is 5.91 Å². The first-order valence-corrected chi connectivity index (χ1v) is 5.21. The summed E-state index contributed by atoms with van der Waals surface area (Å²) >= 11 is 0. The molecule has 1 aromatic heterocycles. The largest absolute Gasteiger partial charge is 0.334 e. The second kappa shape index (κ2) is 4.02. The van der Waals surface area contributed by atoms with E-state index >= 15 is 0 Å². The summed E-state index contributed by atoms with van der Waals surface area (Å²) in [6.07, 6.45) is 0. The van der Waals surface area contributed by atoms with Crippen molar-refractivity contribution in [3.63, 3.8) is 0 Å². The second-order valence-corrected chi connectivity index (χ2v) is 4.04. The van der Waals surface area contributed by atoms with Crippen LogP contribution in [0.15, 0.2) is 6.07 Å². The van der Waals surface area contributed by atoms with Crippen LogP contribution in [0.1, 0.15) is 23.1 Å². The lowest BCUT2D eigenvalue weighted by Gasteiger charge is -2.31. The number of aromatic amines is 1. The summed E-state index contributed by atoms with van der Waals surface area (Å²) < 4.78 is 0. The fourth-order valence-corrected chi connectivity index (χ4v) is 1.81. The molecule has 0 saturated carbocycles. The highest BCUT2D eigenvalue weighted by Gasteiger charge is 2.22. The molecule has 2 heterocycles. The van der Waals surface area contributed by atoms with Gasteiger partial charge in [-0.2, -0.15) is 5.10 Å². The smallest absolute Gasteiger partial charge is 0.274 e. The quantitative estimate of drug-likeness (QED) is 0.690. The van der Waals surface area contributed by atoms with Gasteiger partial charge >= 0.3 is 0 Å². The fourth-order valence-electron chi connectivity index (χ4n) is 1.81. The maximum atomic E-state index is 12.0. The average molecular weight is 208 g/mol. The van der Waals surface area contributed by atoms with Crippen molar-refractivity contribution in [3.05, 3.63) is 17.5 Å².